The van der Waals surface area contributed by atoms with Gasteiger partial charge in [-0.2, -0.15) is 0 Å². The fourth-order valence-electron chi connectivity index (χ4n) is 1.59. The highest BCUT2D eigenvalue weighted by Gasteiger charge is 2.05. The third-order valence-corrected chi connectivity index (χ3v) is 4.46. The van der Waals surface area contributed by atoms with E-state index in [-0.39, 0.29) is 13.2 Å². The van der Waals surface area contributed by atoms with E-state index in [4.69, 9.17) is 59.1 Å². The first-order chi connectivity index (χ1) is 9.49. The van der Waals surface area contributed by atoms with E-state index in [0.717, 1.165) is 58.0 Å². The van der Waals surface area contributed by atoms with Crippen molar-refractivity contribution in [3.05, 3.63) is 0 Å². The van der Waals surface area contributed by atoms with Gasteiger partial charge < -0.3 is 10.2 Å². The first-order valence-corrected chi connectivity index (χ1v) is 8.41. The molecule has 0 aromatic carbocycles. The van der Waals surface area contributed by atoms with Crippen LogP contribution in [0.4, 0.5) is 0 Å². The minimum Gasteiger partial charge on any atom is -0.396 e. The van der Waals surface area contributed by atoms with Crippen LogP contribution < -0.4 is 0 Å². The lowest BCUT2D eigenvalue weighted by Gasteiger charge is -2.07. The van der Waals surface area contributed by atoms with E-state index in [1.54, 1.807) is 0 Å². The van der Waals surface area contributed by atoms with Gasteiger partial charge in [-0.25, -0.2) is 0 Å². The highest BCUT2D eigenvalue weighted by molar-refractivity contribution is 7.81. The van der Waals surface area contributed by atoms with Crippen LogP contribution in [0.2, 0.25) is 0 Å². The van der Waals surface area contributed by atoms with Crippen LogP contribution in [0, 0.1) is 0 Å². The second kappa shape index (κ2) is 13.0. The van der Waals surface area contributed by atoms with Crippen LogP contribution in [0.15, 0.2) is 0 Å². The van der Waals surface area contributed by atoms with E-state index >= 15 is 0 Å². The van der Waals surface area contributed by atoms with E-state index in [1.807, 2.05) is 0 Å². The van der Waals surface area contributed by atoms with Crippen LogP contribution in [-0.2, 0) is 0 Å². The van der Waals surface area contributed by atoms with Gasteiger partial charge >= 0.3 is 0 Å². The molecule has 0 aliphatic heterocycles. The molecule has 0 aliphatic carbocycles. The Morgan fingerprint density at radius 2 is 0.650 bits per heavy atom. The summed E-state index contributed by atoms with van der Waals surface area (Å²) in [6.45, 7) is 0.229. The minimum atomic E-state index is 0.115. The highest BCUT2D eigenvalue weighted by atomic mass is 32.1. The number of rotatable bonds is 13. The molecule has 0 aliphatic rings. The third kappa shape index (κ3) is 12.1. The van der Waals surface area contributed by atoms with Crippen molar-refractivity contribution in [1.82, 2.24) is 0 Å². The molecule has 0 radical (unpaired) electrons. The summed E-state index contributed by atoms with van der Waals surface area (Å²) in [5, 5.41) is 17.5. The summed E-state index contributed by atoms with van der Waals surface area (Å²) in [5.41, 5.74) is 0. The Labute approximate surface area is 143 Å². The standard InChI is InChI=1S/C14H22O2S4/c15-9-7-13(19)5-3-11(17)1-2-12(18)4-6-14(20)8-10-16/h15-16H,1-10H2. The van der Waals surface area contributed by atoms with Crippen molar-refractivity contribution in [3.8, 4) is 0 Å². The fraction of sp³-hybridized carbons (Fsp3) is 0.714. The van der Waals surface area contributed by atoms with Crippen molar-refractivity contribution in [2.24, 2.45) is 0 Å². The predicted molar refractivity (Wildman–Crippen MR) is 101 cm³/mol. The first kappa shape index (κ1) is 20.3. The molecular weight excluding hydrogens is 328 g/mol. The summed E-state index contributed by atoms with van der Waals surface area (Å²) in [7, 11) is 0. The first-order valence-electron chi connectivity index (χ1n) is 6.78. The van der Waals surface area contributed by atoms with Gasteiger partial charge in [-0.15, -0.1) is 0 Å². The van der Waals surface area contributed by atoms with Gasteiger partial charge in [0.2, 0.25) is 0 Å². The SMILES string of the molecule is OCCC(=S)CCC(=S)CCC(=S)CCC(=S)CCO. The molecule has 114 valence electrons. The van der Waals surface area contributed by atoms with E-state index in [2.05, 4.69) is 0 Å². The molecule has 2 N–H and O–H groups in total. The maximum atomic E-state index is 8.76. The zero-order valence-electron chi connectivity index (χ0n) is 11.6. The normalized spacial score (nSPS) is 10.3. The number of aliphatic hydroxyl groups is 2. The van der Waals surface area contributed by atoms with Crippen LogP contribution in [0.3, 0.4) is 0 Å². The van der Waals surface area contributed by atoms with Gasteiger partial charge in [0.25, 0.3) is 0 Å². The molecule has 20 heavy (non-hydrogen) atoms. The molecular formula is C14H22O2S4. The van der Waals surface area contributed by atoms with Crippen LogP contribution in [0.25, 0.3) is 0 Å². The Hall–Kier alpha value is 0.280. The van der Waals surface area contributed by atoms with Crippen LogP contribution in [-0.4, -0.2) is 42.9 Å². The quantitative estimate of drug-likeness (QED) is 0.495. The van der Waals surface area contributed by atoms with Crippen LogP contribution >= 0.6 is 48.9 Å². The number of aliphatic hydroxyl groups excluding tert-OH is 2. The molecule has 6 heteroatoms. The molecule has 0 spiro atoms. The van der Waals surface area contributed by atoms with Crippen molar-refractivity contribution in [1.29, 1.82) is 0 Å². The maximum Gasteiger partial charge on any atom is 0.0476 e. The van der Waals surface area contributed by atoms with E-state index in [1.165, 1.54) is 0 Å². The largest absolute Gasteiger partial charge is 0.396 e. The van der Waals surface area contributed by atoms with E-state index in [9.17, 15) is 0 Å². The van der Waals surface area contributed by atoms with Gasteiger partial charge in [0.15, 0.2) is 0 Å². The summed E-state index contributed by atoms with van der Waals surface area (Å²) in [6.07, 6.45) is 5.98. The highest BCUT2D eigenvalue weighted by Crippen LogP contribution is 2.09. The Morgan fingerprint density at radius 1 is 0.450 bits per heavy atom. The van der Waals surface area contributed by atoms with Gasteiger partial charge in [-0.05, 0) is 58.0 Å². The second-order valence-electron chi connectivity index (χ2n) is 4.60. The number of hydrogen-bond acceptors (Lipinski definition) is 6. The lowest BCUT2D eigenvalue weighted by atomic mass is 10.0. The van der Waals surface area contributed by atoms with Gasteiger partial charge in [0.1, 0.15) is 0 Å². The Kier molecular flexibility index (Phi) is 13.2. The molecule has 0 amide bonds. The summed E-state index contributed by atoms with van der Waals surface area (Å²) < 4.78 is 0. The number of hydrogen-bond donors (Lipinski definition) is 2. The van der Waals surface area contributed by atoms with Gasteiger partial charge in [0.05, 0.1) is 0 Å². The van der Waals surface area contributed by atoms with Crippen LogP contribution in [0.5, 0.6) is 0 Å². The summed E-state index contributed by atoms with van der Waals surface area (Å²) in [4.78, 5) is 3.75. The smallest absolute Gasteiger partial charge is 0.0476 e. The molecule has 0 unspecified atom stereocenters. The lowest BCUT2D eigenvalue weighted by molar-refractivity contribution is 0.307. The van der Waals surface area contributed by atoms with E-state index in [0.29, 0.717) is 12.8 Å². The third-order valence-electron chi connectivity index (χ3n) is 2.83. The number of thiocarbonyl (C=S) groups is 4. The van der Waals surface area contributed by atoms with Gasteiger partial charge in [-0.3, -0.25) is 0 Å². The molecule has 0 aromatic rings. The molecule has 2 nitrogen and oxygen atoms in total. The van der Waals surface area contributed by atoms with Crippen molar-refractivity contribution in [2.75, 3.05) is 13.2 Å². The molecule has 0 saturated carbocycles. The Morgan fingerprint density at radius 3 is 0.850 bits per heavy atom. The molecule has 0 rings (SSSR count). The fourth-order valence-corrected chi connectivity index (χ4v) is 2.38. The van der Waals surface area contributed by atoms with Crippen molar-refractivity contribution < 1.29 is 10.2 Å². The summed E-state index contributed by atoms with van der Waals surface area (Å²) >= 11 is 20.9. The molecule has 0 saturated heterocycles. The summed E-state index contributed by atoms with van der Waals surface area (Å²) in [6, 6.07) is 0. The maximum absolute atomic E-state index is 8.76. The van der Waals surface area contributed by atoms with Gasteiger partial charge in [0, 0.05) is 26.1 Å². The molecule has 0 fully saturated rings. The zero-order valence-corrected chi connectivity index (χ0v) is 14.9. The van der Waals surface area contributed by atoms with E-state index < -0.39 is 0 Å². The summed E-state index contributed by atoms with van der Waals surface area (Å²) in [5.74, 6) is 0. The molecule has 0 heterocycles. The topological polar surface area (TPSA) is 40.5 Å². The lowest BCUT2D eigenvalue weighted by Crippen LogP contribution is -2.06. The van der Waals surface area contributed by atoms with Crippen LogP contribution in [0.1, 0.15) is 51.4 Å². The van der Waals surface area contributed by atoms with Crippen molar-refractivity contribution in [3.63, 3.8) is 0 Å². The van der Waals surface area contributed by atoms with Crippen molar-refractivity contribution in [2.45, 2.75) is 51.4 Å². The predicted octanol–water partition coefficient (Wildman–Crippen LogP) is 3.57. The van der Waals surface area contributed by atoms with Gasteiger partial charge in [-0.1, -0.05) is 48.9 Å². The zero-order chi connectivity index (χ0) is 15.4. The second-order valence-corrected chi connectivity index (χ2v) is 6.91. The molecule has 0 bridgehead atoms. The minimum absolute atomic E-state index is 0.115. The average molecular weight is 351 g/mol. The molecule has 0 aromatic heterocycles. The average Bonchev–Trinajstić information content (AvgIpc) is 2.41. The van der Waals surface area contributed by atoms with Crippen molar-refractivity contribution >= 4 is 68.3 Å². The monoisotopic (exact) mass is 350 g/mol. The Balaban J connectivity index is 3.70. The Bertz CT molecular complexity index is 319. The molecule has 0 atom stereocenters.